The zero-order valence-electron chi connectivity index (χ0n) is 19.5. The molecule has 35 heavy (non-hydrogen) atoms. The normalized spacial score (nSPS) is 15.6. The molecule has 0 radical (unpaired) electrons. The Morgan fingerprint density at radius 1 is 1.23 bits per heavy atom. The van der Waals surface area contributed by atoms with Gasteiger partial charge in [0.25, 0.3) is 5.56 Å². The summed E-state index contributed by atoms with van der Waals surface area (Å²) in [7, 11) is 1.55. The van der Waals surface area contributed by atoms with Gasteiger partial charge in [-0.1, -0.05) is 52.7 Å². The van der Waals surface area contributed by atoms with Crippen molar-refractivity contribution in [2.45, 2.75) is 32.7 Å². The molecule has 6 nitrogen and oxygen atoms in total. The Bertz CT molecular complexity index is 1470. The van der Waals surface area contributed by atoms with Crippen LogP contribution in [0.4, 0.5) is 4.39 Å². The number of allylic oxidation sites excluding steroid dienone is 1. The minimum absolute atomic E-state index is 0.194. The minimum atomic E-state index is -0.783. The van der Waals surface area contributed by atoms with Crippen molar-refractivity contribution < 1.29 is 18.7 Å². The Balaban J connectivity index is 2.04. The topological polar surface area (TPSA) is 69.9 Å². The average molecular weight is 559 g/mol. The summed E-state index contributed by atoms with van der Waals surface area (Å²) in [5, 5.41) is 0. The smallest absolute Gasteiger partial charge is 0.338 e. The molecule has 0 amide bonds. The van der Waals surface area contributed by atoms with Gasteiger partial charge in [0, 0.05) is 10.0 Å². The highest BCUT2D eigenvalue weighted by Crippen LogP contribution is 2.38. The lowest BCUT2D eigenvalue weighted by atomic mass is 9.93. The maximum Gasteiger partial charge on any atom is 0.338 e. The third-order valence-electron chi connectivity index (χ3n) is 5.55. The zero-order valence-corrected chi connectivity index (χ0v) is 21.9. The lowest BCUT2D eigenvalue weighted by Gasteiger charge is -2.27. The number of fused-ring (bicyclic) bond motifs is 1. The van der Waals surface area contributed by atoms with Gasteiger partial charge < -0.3 is 9.47 Å². The van der Waals surface area contributed by atoms with Crippen molar-refractivity contribution in [1.29, 1.82) is 0 Å². The maximum absolute atomic E-state index is 13.7. The standard InChI is InChI=1S/C26H24BrFN2O4S/c1-4-6-19-22(25(32)34-5-2)23(18-14-16(27)9-12-20(18)33-3)30-24(31)21(35-26(30)29-19)13-15-7-10-17(28)11-8-15/h7-14,23H,4-6H2,1-3H3/b21-13+/t23-/m1/s1. The quantitative estimate of drug-likeness (QED) is 0.401. The van der Waals surface area contributed by atoms with Crippen LogP contribution >= 0.6 is 27.3 Å². The Kier molecular flexibility index (Phi) is 7.66. The Hall–Kier alpha value is -3.04. The Morgan fingerprint density at radius 3 is 2.63 bits per heavy atom. The monoisotopic (exact) mass is 558 g/mol. The summed E-state index contributed by atoms with van der Waals surface area (Å²) < 4.78 is 27.1. The van der Waals surface area contributed by atoms with Crippen molar-refractivity contribution in [3.63, 3.8) is 0 Å². The van der Waals surface area contributed by atoms with Crippen molar-refractivity contribution in [3.05, 3.63) is 94.8 Å². The van der Waals surface area contributed by atoms with Crippen molar-refractivity contribution >= 4 is 39.3 Å². The molecule has 2 heterocycles. The number of methoxy groups -OCH3 is 1. The summed E-state index contributed by atoms with van der Waals surface area (Å²) in [5.41, 5.74) is 1.94. The van der Waals surface area contributed by atoms with E-state index in [9.17, 15) is 14.0 Å². The molecule has 182 valence electrons. The van der Waals surface area contributed by atoms with E-state index in [0.29, 0.717) is 43.9 Å². The van der Waals surface area contributed by atoms with Crippen molar-refractivity contribution in [2.24, 2.45) is 4.99 Å². The number of hydrogen-bond acceptors (Lipinski definition) is 6. The third kappa shape index (κ3) is 5.01. The Labute approximate surface area is 214 Å². The van der Waals surface area contributed by atoms with Gasteiger partial charge in [-0.25, -0.2) is 14.2 Å². The van der Waals surface area contributed by atoms with Crippen LogP contribution in [-0.2, 0) is 9.53 Å². The van der Waals surface area contributed by atoms with Crippen LogP contribution in [0.15, 0.2) is 68.0 Å². The van der Waals surface area contributed by atoms with Gasteiger partial charge in [-0.15, -0.1) is 0 Å². The summed E-state index contributed by atoms with van der Waals surface area (Å²) >= 11 is 4.74. The zero-order chi connectivity index (χ0) is 25.1. The van der Waals surface area contributed by atoms with Crippen molar-refractivity contribution in [2.75, 3.05) is 13.7 Å². The van der Waals surface area contributed by atoms with E-state index in [1.165, 1.54) is 28.0 Å². The number of carbonyl (C=O) groups excluding carboxylic acids is 1. The second kappa shape index (κ2) is 10.7. The molecule has 1 atom stereocenters. The van der Waals surface area contributed by atoms with E-state index in [1.54, 1.807) is 38.3 Å². The summed E-state index contributed by atoms with van der Waals surface area (Å²) in [6.07, 6.45) is 3.00. The average Bonchev–Trinajstić information content (AvgIpc) is 3.14. The molecule has 0 aliphatic carbocycles. The molecular weight excluding hydrogens is 535 g/mol. The van der Waals surface area contributed by atoms with Crippen LogP contribution in [0.25, 0.3) is 6.08 Å². The third-order valence-corrected chi connectivity index (χ3v) is 7.02. The number of aromatic nitrogens is 1. The summed E-state index contributed by atoms with van der Waals surface area (Å²) in [5.74, 6) is -0.334. The van der Waals surface area contributed by atoms with Gasteiger partial charge >= 0.3 is 5.97 Å². The van der Waals surface area contributed by atoms with Crippen LogP contribution in [0.3, 0.4) is 0 Å². The predicted octanol–water partition coefficient (Wildman–Crippen LogP) is 4.49. The fourth-order valence-electron chi connectivity index (χ4n) is 4.04. The number of halogens is 2. The lowest BCUT2D eigenvalue weighted by Crippen LogP contribution is -2.40. The molecule has 0 fully saturated rings. The molecule has 0 spiro atoms. The van der Waals surface area contributed by atoms with Gasteiger partial charge in [0.2, 0.25) is 0 Å². The first-order valence-corrected chi connectivity index (χ1v) is 12.8. The molecule has 0 N–H and O–H groups in total. The maximum atomic E-state index is 13.7. The fourth-order valence-corrected chi connectivity index (χ4v) is 5.44. The first kappa shape index (κ1) is 25.1. The predicted molar refractivity (Wildman–Crippen MR) is 137 cm³/mol. The second-order valence-electron chi connectivity index (χ2n) is 7.85. The number of benzene rings is 2. The molecule has 1 aliphatic heterocycles. The van der Waals surface area contributed by atoms with Gasteiger partial charge in [-0.3, -0.25) is 9.36 Å². The number of hydrogen-bond donors (Lipinski definition) is 0. The van der Waals surface area contributed by atoms with Gasteiger partial charge in [0.05, 0.1) is 29.5 Å². The number of esters is 1. The number of carbonyl (C=O) groups is 1. The van der Waals surface area contributed by atoms with Gasteiger partial charge in [-0.05, 0) is 55.3 Å². The largest absolute Gasteiger partial charge is 0.496 e. The van der Waals surface area contributed by atoms with E-state index in [2.05, 4.69) is 15.9 Å². The van der Waals surface area contributed by atoms with E-state index >= 15 is 0 Å². The molecule has 0 saturated heterocycles. The highest BCUT2D eigenvalue weighted by Gasteiger charge is 2.36. The Morgan fingerprint density at radius 2 is 1.97 bits per heavy atom. The molecule has 2 aromatic carbocycles. The minimum Gasteiger partial charge on any atom is -0.496 e. The first-order chi connectivity index (χ1) is 16.9. The van der Waals surface area contributed by atoms with E-state index in [-0.39, 0.29) is 18.0 Å². The summed E-state index contributed by atoms with van der Waals surface area (Å²) in [6, 6.07) is 10.6. The van der Waals surface area contributed by atoms with Crippen LogP contribution in [0.2, 0.25) is 0 Å². The number of ether oxygens (including phenoxy) is 2. The molecule has 0 bridgehead atoms. The van der Waals surface area contributed by atoms with Crippen molar-refractivity contribution in [1.82, 2.24) is 4.57 Å². The number of thiazole rings is 1. The van der Waals surface area contributed by atoms with E-state index in [0.717, 1.165) is 10.9 Å². The van der Waals surface area contributed by atoms with Crippen LogP contribution < -0.4 is 19.6 Å². The van der Waals surface area contributed by atoms with E-state index < -0.39 is 12.0 Å². The van der Waals surface area contributed by atoms with Crippen LogP contribution in [0, 0.1) is 5.82 Å². The number of rotatable bonds is 7. The van der Waals surface area contributed by atoms with Gasteiger partial charge in [0.1, 0.15) is 17.6 Å². The fraction of sp³-hybridized carbons (Fsp3) is 0.269. The van der Waals surface area contributed by atoms with Crippen molar-refractivity contribution in [3.8, 4) is 5.75 Å². The van der Waals surface area contributed by atoms with Crippen LogP contribution in [0.1, 0.15) is 43.9 Å². The summed E-state index contributed by atoms with van der Waals surface area (Å²) in [6.45, 7) is 3.94. The van der Waals surface area contributed by atoms with E-state index in [4.69, 9.17) is 14.5 Å². The second-order valence-corrected chi connectivity index (χ2v) is 9.78. The van der Waals surface area contributed by atoms with E-state index in [1.807, 2.05) is 19.1 Å². The molecule has 0 saturated carbocycles. The first-order valence-electron chi connectivity index (χ1n) is 11.2. The lowest BCUT2D eigenvalue weighted by molar-refractivity contribution is -0.139. The highest BCUT2D eigenvalue weighted by atomic mass is 79.9. The molecule has 0 unspecified atom stereocenters. The summed E-state index contributed by atoms with van der Waals surface area (Å²) in [4.78, 5) is 32.2. The molecule has 9 heteroatoms. The molecule has 4 rings (SSSR count). The highest BCUT2D eigenvalue weighted by molar-refractivity contribution is 9.10. The van der Waals surface area contributed by atoms with Crippen LogP contribution in [0.5, 0.6) is 5.75 Å². The molecular formula is C26H24BrFN2O4S. The molecule has 1 aliphatic rings. The van der Waals surface area contributed by atoms with Gasteiger partial charge in [-0.2, -0.15) is 0 Å². The van der Waals surface area contributed by atoms with Crippen LogP contribution in [-0.4, -0.2) is 24.3 Å². The molecule has 3 aromatic rings. The SMILES string of the molecule is CCCC1=C(C(=O)OCC)[C@@H](c2cc(Br)ccc2OC)n2c(s/c(=C/c3ccc(F)cc3)c2=O)=N1. The van der Waals surface area contributed by atoms with Gasteiger partial charge in [0.15, 0.2) is 4.80 Å². The molecule has 1 aromatic heterocycles. The number of nitrogens with zero attached hydrogens (tertiary/aromatic N) is 2.